The minimum absolute atomic E-state index is 0.319. The highest BCUT2D eigenvalue weighted by Gasteiger charge is 1.81. The van der Waals surface area contributed by atoms with E-state index in [-0.39, 0.29) is 0 Å². The Morgan fingerprint density at radius 3 is 1.82 bits per heavy atom. The molecule has 70 valence electrons. The first kappa shape index (κ1) is 13.5. The topological polar surface area (TPSA) is 35.5 Å². The van der Waals surface area contributed by atoms with Gasteiger partial charge in [0.1, 0.15) is 0 Å². The predicted octanol–water partition coefficient (Wildman–Crippen LogP) is 0.504. The molecule has 0 bridgehead atoms. The summed E-state index contributed by atoms with van der Waals surface area (Å²) in [5.74, 6) is 0. The summed E-state index contributed by atoms with van der Waals surface area (Å²) in [5, 5.41) is 11.0. The molecule has 0 amide bonds. The van der Waals surface area contributed by atoms with Gasteiger partial charge in [-0.3, -0.25) is 4.90 Å². The van der Waals surface area contributed by atoms with E-state index in [0.717, 1.165) is 19.6 Å². The van der Waals surface area contributed by atoms with Crippen LogP contribution in [0.2, 0.25) is 0 Å². The van der Waals surface area contributed by atoms with Gasteiger partial charge in [0.25, 0.3) is 0 Å². The molecule has 0 aliphatic rings. The number of hydrogen-bond acceptors (Lipinski definition) is 3. The fraction of sp³-hybridized carbons (Fsp3) is 1.00. The van der Waals surface area contributed by atoms with Crippen molar-refractivity contribution >= 4 is 0 Å². The third-order valence-electron chi connectivity index (χ3n) is 0.902. The van der Waals surface area contributed by atoms with E-state index < -0.39 is 0 Å². The third kappa shape index (κ3) is 25.8. The maximum atomic E-state index is 7.88. The lowest BCUT2D eigenvalue weighted by atomic mass is 10.5. The third-order valence-corrected chi connectivity index (χ3v) is 0.902. The molecular weight excluding hydrogens is 140 g/mol. The van der Waals surface area contributed by atoms with Crippen molar-refractivity contribution in [2.45, 2.75) is 20.3 Å². The molecule has 11 heavy (non-hydrogen) atoms. The second-order valence-electron chi connectivity index (χ2n) is 2.56. The Kier molecular flexibility index (Phi) is 15.4. The van der Waals surface area contributed by atoms with Crippen molar-refractivity contribution in [3.63, 3.8) is 0 Å². The van der Waals surface area contributed by atoms with Gasteiger partial charge in [0, 0.05) is 13.3 Å². The first-order valence-electron chi connectivity index (χ1n) is 4.15. The van der Waals surface area contributed by atoms with Crippen molar-refractivity contribution in [1.82, 2.24) is 10.2 Å². The van der Waals surface area contributed by atoms with Crippen LogP contribution in [0, 0.1) is 0 Å². The predicted molar refractivity (Wildman–Crippen MR) is 49.6 cm³/mol. The number of aliphatic hydroxyl groups excluding tert-OH is 1. The summed E-state index contributed by atoms with van der Waals surface area (Å²) < 4.78 is 0. The fourth-order valence-electron chi connectivity index (χ4n) is 0.335. The Hall–Kier alpha value is -0.120. The molecule has 0 unspecified atom stereocenters. The highest BCUT2D eigenvalue weighted by molar-refractivity contribution is 4.36. The maximum absolute atomic E-state index is 7.88. The molecule has 0 aliphatic carbocycles. The molecule has 0 aromatic heterocycles. The van der Waals surface area contributed by atoms with Gasteiger partial charge >= 0.3 is 0 Å². The summed E-state index contributed by atoms with van der Waals surface area (Å²) in [5.41, 5.74) is 0. The van der Waals surface area contributed by atoms with E-state index in [1.165, 1.54) is 0 Å². The zero-order chi connectivity index (χ0) is 9.11. The van der Waals surface area contributed by atoms with Crippen LogP contribution in [-0.2, 0) is 0 Å². The quantitative estimate of drug-likeness (QED) is 0.591. The second kappa shape index (κ2) is 12.5. The van der Waals surface area contributed by atoms with E-state index in [0.29, 0.717) is 6.61 Å². The number of aliphatic hydroxyl groups is 1. The normalized spacial score (nSPS) is 9.27. The Labute approximate surface area is 70.4 Å². The highest BCUT2D eigenvalue weighted by Crippen LogP contribution is 1.64. The van der Waals surface area contributed by atoms with Crippen LogP contribution in [0.3, 0.4) is 0 Å². The van der Waals surface area contributed by atoms with E-state index >= 15 is 0 Å². The Morgan fingerprint density at radius 1 is 1.27 bits per heavy atom. The van der Waals surface area contributed by atoms with Gasteiger partial charge in [-0.1, -0.05) is 13.8 Å². The van der Waals surface area contributed by atoms with Crippen LogP contribution in [0.4, 0.5) is 0 Å². The van der Waals surface area contributed by atoms with E-state index in [4.69, 9.17) is 5.11 Å². The summed E-state index contributed by atoms with van der Waals surface area (Å²) in [4.78, 5) is 2.10. The molecule has 0 fully saturated rings. The first-order chi connectivity index (χ1) is 5.18. The summed E-state index contributed by atoms with van der Waals surface area (Å²) in [6.45, 7) is 6.39. The molecule has 0 saturated heterocycles. The zero-order valence-electron chi connectivity index (χ0n) is 8.22. The number of rotatable bonds is 4. The molecule has 0 saturated carbocycles. The fourth-order valence-corrected chi connectivity index (χ4v) is 0.335. The lowest BCUT2D eigenvalue weighted by Crippen LogP contribution is -2.27. The van der Waals surface area contributed by atoms with Crippen LogP contribution >= 0.6 is 0 Å². The monoisotopic (exact) mass is 162 g/mol. The van der Waals surface area contributed by atoms with Gasteiger partial charge in [-0.2, -0.15) is 0 Å². The van der Waals surface area contributed by atoms with Crippen LogP contribution in [0.1, 0.15) is 20.3 Å². The Balaban J connectivity index is 0. The van der Waals surface area contributed by atoms with Crippen molar-refractivity contribution in [3.05, 3.63) is 0 Å². The zero-order valence-corrected chi connectivity index (χ0v) is 8.22. The molecule has 0 radical (unpaired) electrons. The lowest BCUT2D eigenvalue weighted by molar-refractivity contribution is 0.295. The minimum Gasteiger partial charge on any atom is -0.396 e. The summed E-state index contributed by atoms with van der Waals surface area (Å²) in [7, 11) is 4.09. The van der Waals surface area contributed by atoms with Gasteiger partial charge < -0.3 is 10.4 Å². The van der Waals surface area contributed by atoms with Gasteiger partial charge in [0.15, 0.2) is 0 Å². The molecule has 2 N–H and O–H groups in total. The summed E-state index contributed by atoms with van der Waals surface area (Å²) in [6, 6.07) is 0. The van der Waals surface area contributed by atoms with Crippen LogP contribution in [0.25, 0.3) is 0 Å². The van der Waals surface area contributed by atoms with E-state index in [1.807, 2.05) is 21.0 Å². The smallest absolute Gasteiger partial charge is 0.0474 e. The molecular formula is C8H22N2O. The first-order valence-corrected chi connectivity index (χ1v) is 4.15. The molecule has 3 heteroatoms. The largest absolute Gasteiger partial charge is 0.396 e. The molecule has 0 aromatic carbocycles. The van der Waals surface area contributed by atoms with Gasteiger partial charge in [0.05, 0.1) is 0 Å². The molecule has 0 spiro atoms. The molecule has 0 rings (SSSR count). The standard InChI is InChI=1S/C5H14N2.C3H8O/c1-4-6-5-7(2)3;1-2-3-4/h6H,4-5H2,1-3H3;4H,2-3H2,1H3. The Morgan fingerprint density at radius 2 is 1.73 bits per heavy atom. The van der Waals surface area contributed by atoms with Crippen LogP contribution in [0.15, 0.2) is 0 Å². The average molecular weight is 162 g/mol. The number of hydrogen-bond donors (Lipinski definition) is 2. The van der Waals surface area contributed by atoms with Gasteiger partial charge in [-0.15, -0.1) is 0 Å². The lowest BCUT2D eigenvalue weighted by Gasteiger charge is -2.07. The van der Waals surface area contributed by atoms with Crippen molar-refractivity contribution < 1.29 is 5.11 Å². The van der Waals surface area contributed by atoms with E-state index in [2.05, 4.69) is 17.1 Å². The van der Waals surface area contributed by atoms with Crippen LogP contribution < -0.4 is 5.32 Å². The minimum atomic E-state index is 0.319. The van der Waals surface area contributed by atoms with Crippen LogP contribution in [-0.4, -0.2) is 43.9 Å². The Bertz CT molecular complexity index is 56.1. The molecule has 3 nitrogen and oxygen atoms in total. The van der Waals surface area contributed by atoms with Crippen LogP contribution in [0.5, 0.6) is 0 Å². The molecule has 0 aromatic rings. The SMILES string of the molecule is CCCO.CCNCN(C)C. The highest BCUT2D eigenvalue weighted by atomic mass is 16.2. The van der Waals surface area contributed by atoms with Gasteiger partial charge in [-0.25, -0.2) is 0 Å². The van der Waals surface area contributed by atoms with Crippen molar-refractivity contribution in [2.75, 3.05) is 33.9 Å². The molecule has 0 aliphatic heterocycles. The summed E-state index contributed by atoms with van der Waals surface area (Å²) >= 11 is 0. The van der Waals surface area contributed by atoms with Crippen molar-refractivity contribution in [3.8, 4) is 0 Å². The maximum Gasteiger partial charge on any atom is 0.0474 e. The molecule has 0 heterocycles. The summed E-state index contributed by atoms with van der Waals surface area (Å²) in [6.07, 6.45) is 0.875. The second-order valence-corrected chi connectivity index (χ2v) is 2.56. The average Bonchev–Trinajstić information content (AvgIpc) is 2.01. The number of nitrogens with zero attached hydrogens (tertiary/aromatic N) is 1. The van der Waals surface area contributed by atoms with Crippen molar-refractivity contribution in [2.24, 2.45) is 0 Å². The van der Waals surface area contributed by atoms with Gasteiger partial charge in [-0.05, 0) is 27.1 Å². The van der Waals surface area contributed by atoms with Gasteiger partial charge in [0.2, 0.25) is 0 Å². The van der Waals surface area contributed by atoms with E-state index in [1.54, 1.807) is 0 Å². The van der Waals surface area contributed by atoms with Crippen molar-refractivity contribution in [1.29, 1.82) is 0 Å². The van der Waals surface area contributed by atoms with E-state index in [9.17, 15) is 0 Å². The molecule has 0 atom stereocenters. The number of nitrogens with one attached hydrogen (secondary N) is 1.